The molecule has 4 heteroatoms. The Kier molecular flexibility index (Phi) is 3.04. The highest BCUT2D eigenvalue weighted by Gasteiger charge is 2.04. The molecule has 0 aliphatic heterocycles. The summed E-state index contributed by atoms with van der Waals surface area (Å²) >= 11 is 2.26. The first kappa shape index (κ1) is 10.6. The summed E-state index contributed by atoms with van der Waals surface area (Å²) in [7, 11) is 0. The van der Waals surface area contributed by atoms with Crippen LogP contribution in [0.5, 0.6) is 0 Å². The summed E-state index contributed by atoms with van der Waals surface area (Å²) in [5, 5.41) is 0.946. The van der Waals surface area contributed by atoms with Gasteiger partial charge in [-0.1, -0.05) is 6.92 Å². The van der Waals surface area contributed by atoms with E-state index in [1.165, 1.54) is 0 Å². The van der Waals surface area contributed by atoms with Crippen molar-refractivity contribution in [3.8, 4) is 0 Å². The van der Waals surface area contributed by atoms with Gasteiger partial charge in [-0.3, -0.25) is 0 Å². The van der Waals surface area contributed by atoms with Crippen molar-refractivity contribution in [3.63, 3.8) is 0 Å². The lowest BCUT2D eigenvalue weighted by atomic mass is 10.2. The third-order valence-corrected chi connectivity index (χ3v) is 2.88. The molecule has 2 aromatic rings. The third-order valence-electron chi connectivity index (χ3n) is 2.21. The van der Waals surface area contributed by atoms with Crippen molar-refractivity contribution in [1.82, 2.24) is 9.97 Å². The fraction of sp³-hybridized carbons (Fsp3) is 0.273. The van der Waals surface area contributed by atoms with Gasteiger partial charge in [0, 0.05) is 15.4 Å². The molecule has 1 aromatic carbocycles. The van der Waals surface area contributed by atoms with E-state index >= 15 is 0 Å². The van der Waals surface area contributed by atoms with E-state index in [1.807, 2.05) is 18.2 Å². The van der Waals surface area contributed by atoms with Crippen molar-refractivity contribution in [3.05, 3.63) is 27.6 Å². The molecule has 1 heterocycles. The minimum Gasteiger partial charge on any atom is -0.383 e. The number of aromatic nitrogens is 2. The molecule has 0 bridgehead atoms. The maximum atomic E-state index is 5.90. The van der Waals surface area contributed by atoms with Crippen molar-refractivity contribution in [2.24, 2.45) is 0 Å². The Morgan fingerprint density at radius 1 is 1.33 bits per heavy atom. The minimum absolute atomic E-state index is 0.585. The summed E-state index contributed by atoms with van der Waals surface area (Å²) in [6.45, 7) is 2.11. The van der Waals surface area contributed by atoms with Gasteiger partial charge in [-0.05, 0) is 47.2 Å². The highest BCUT2D eigenvalue weighted by Crippen LogP contribution is 2.20. The average Bonchev–Trinajstić information content (AvgIpc) is 2.20. The molecule has 0 radical (unpaired) electrons. The smallest absolute Gasteiger partial charge is 0.135 e. The number of fused-ring (bicyclic) bond motifs is 1. The summed E-state index contributed by atoms with van der Waals surface area (Å²) < 4.78 is 1.15. The summed E-state index contributed by atoms with van der Waals surface area (Å²) in [6.07, 6.45) is 1.92. The summed E-state index contributed by atoms with van der Waals surface area (Å²) in [6, 6.07) is 6.04. The first-order valence-electron chi connectivity index (χ1n) is 4.92. The number of benzene rings is 1. The van der Waals surface area contributed by atoms with E-state index in [9.17, 15) is 0 Å². The van der Waals surface area contributed by atoms with Crippen LogP contribution in [0.1, 0.15) is 19.2 Å². The number of anilines is 1. The first-order chi connectivity index (χ1) is 7.20. The van der Waals surface area contributed by atoms with Gasteiger partial charge in [0.1, 0.15) is 11.6 Å². The van der Waals surface area contributed by atoms with Crippen LogP contribution in [-0.2, 0) is 6.42 Å². The monoisotopic (exact) mass is 313 g/mol. The standard InChI is InChI=1S/C11H12IN3/c1-2-3-10-14-9-5-4-7(12)6-8(9)11(13)15-10/h4-6H,2-3H2,1H3,(H2,13,14,15). The van der Waals surface area contributed by atoms with Gasteiger partial charge in [0.2, 0.25) is 0 Å². The molecular formula is C11H12IN3. The van der Waals surface area contributed by atoms with Crippen LogP contribution in [0.4, 0.5) is 5.82 Å². The van der Waals surface area contributed by atoms with E-state index in [4.69, 9.17) is 5.73 Å². The quantitative estimate of drug-likeness (QED) is 0.868. The number of nitrogen functional groups attached to an aromatic ring is 1. The molecule has 0 aliphatic rings. The minimum atomic E-state index is 0.585. The van der Waals surface area contributed by atoms with Crippen molar-refractivity contribution < 1.29 is 0 Å². The van der Waals surface area contributed by atoms with Gasteiger partial charge in [0.25, 0.3) is 0 Å². The second-order valence-corrected chi connectivity index (χ2v) is 4.68. The second kappa shape index (κ2) is 4.30. The van der Waals surface area contributed by atoms with Crippen molar-refractivity contribution >= 4 is 39.3 Å². The maximum Gasteiger partial charge on any atom is 0.135 e. The zero-order chi connectivity index (χ0) is 10.8. The van der Waals surface area contributed by atoms with Crippen molar-refractivity contribution in [2.75, 3.05) is 5.73 Å². The second-order valence-electron chi connectivity index (χ2n) is 3.44. The molecule has 0 unspecified atom stereocenters. The lowest BCUT2D eigenvalue weighted by Gasteiger charge is -2.04. The SMILES string of the molecule is CCCc1nc(N)c2cc(I)ccc2n1. The van der Waals surface area contributed by atoms with Crippen LogP contribution in [-0.4, -0.2) is 9.97 Å². The third kappa shape index (κ3) is 2.19. The summed E-state index contributed by atoms with van der Waals surface area (Å²) in [4.78, 5) is 8.77. The summed E-state index contributed by atoms with van der Waals surface area (Å²) in [5.41, 5.74) is 6.84. The molecule has 15 heavy (non-hydrogen) atoms. The topological polar surface area (TPSA) is 51.8 Å². The predicted octanol–water partition coefficient (Wildman–Crippen LogP) is 2.77. The van der Waals surface area contributed by atoms with Crippen LogP contribution in [0.3, 0.4) is 0 Å². The van der Waals surface area contributed by atoms with Crippen LogP contribution in [0.25, 0.3) is 10.9 Å². The lowest BCUT2D eigenvalue weighted by molar-refractivity contribution is 0.847. The van der Waals surface area contributed by atoms with E-state index in [0.717, 1.165) is 33.1 Å². The number of aryl methyl sites for hydroxylation is 1. The van der Waals surface area contributed by atoms with Gasteiger partial charge in [0.05, 0.1) is 5.52 Å². The fourth-order valence-electron chi connectivity index (χ4n) is 1.51. The number of nitrogens with two attached hydrogens (primary N) is 1. The molecule has 0 saturated carbocycles. The Balaban J connectivity index is 2.62. The molecule has 78 valence electrons. The highest BCUT2D eigenvalue weighted by atomic mass is 127. The van der Waals surface area contributed by atoms with Crippen LogP contribution in [0.15, 0.2) is 18.2 Å². The lowest BCUT2D eigenvalue weighted by Crippen LogP contribution is -2.00. The number of nitrogens with zero attached hydrogens (tertiary/aromatic N) is 2. The van der Waals surface area contributed by atoms with Crippen molar-refractivity contribution in [2.45, 2.75) is 19.8 Å². The van der Waals surface area contributed by atoms with Crippen LogP contribution in [0.2, 0.25) is 0 Å². The van der Waals surface area contributed by atoms with Crippen molar-refractivity contribution in [1.29, 1.82) is 0 Å². The normalized spacial score (nSPS) is 10.8. The molecular weight excluding hydrogens is 301 g/mol. The van der Waals surface area contributed by atoms with Gasteiger partial charge in [0.15, 0.2) is 0 Å². The molecule has 0 aliphatic carbocycles. The van der Waals surface area contributed by atoms with Gasteiger partial charge >= 0.3 is 0 Å². The first-order valence-corrected chi connectivity index (χ1v) is 6.00. The summed E-state index contributed by atoms with van der Waals surface area (Å²) in [5.74, 6) is 1.42. The number of hydrogen-bond donors (Lipinski definition) is 1. The van der Waals surface area contributed by atoms with Gasteiger partial charge in [-0.2, -0.15) is 0 Å². The van der Waals surface area contributed by atoms with E-state index in [1.54, 1.807) is 0 Å². The maximum absolute atomic E-state index is 5.90. The molecule has 2 N–H and O–H groups in total. The average molecular weight is 313 g/mol. The largest absolute Gasteiger partial charge is 0.383 e. The Labute approximate surface area is 102 Å². The molecule has 2 rings (SSSR count). The molecule has 0 spiro atoms. The van der Waals surface area contributed by atoms with Gasteiger partial charge < -0.3 is 5.73 Å². The molecule has 1 aromatic heterocycles. The predicted molar refractivity (Wildman–Crippen MR) is 70.7 cm³/mol. The van der Waals surface area contributed by atoms with E-state index in [-0.39, 0.29) is 0 Å². The molecule has 0 fully saturated rings. The Morgan fingerprint density at radius 3 is 2.87 bits per heavy atom. The molecule has 0 saturated heterocycles. The highest BCUT2D eigenvalue weighted by molar-refractivity contribution is 14.1. The van der Waals surface area contributed by atoms with E-state index in [2.05, 4.69) is 39.5 Å². The number of rotatable bonds is 2. The van der Waals surface area contributed by atoms with Crippen LogP contribution < -0.4 is 5.73 Å². The van der Waals surface area contributed by atoms with Gasteiger partial charge in [-0.15, -0.1) is 0 Å². The zero-order valence-corrected chi connectivity index (χ0v) is 10.7. The van der Waals surface area contributed by atoms with Crippen LogP contribution >= 0.6 is 22.6 Å². The molecule has 0 amide bonds. The van der Waals surface area contributed by atoms with Crippen LogP contribution in [0, 0.1) is 3.57 Å². The molecule has 3 nitrogen and oxygen atoms in total. The number of halogens is 1. The number of hydrogen-bond acceptors (Lipinski definition) is 3. The Bertz CT molecular complexity index is 496. The van der Waals surface area contributed by atoms with E-state index in [0.29, 0.717) is 5.82 Å². The Morgan fingerprint density at radius 2 is 2.13 bits per heavy atom. The van der Waals surface area contributed by atoms with Gasteiger partial charge in [-0.25, -0.2) is 9.97 Å². The zero-order valence-electron chi connectivity index (χ0n) is 8.50. The fourth-order valence-corrected chi connectivity index (χ4v) is 2.00. The Hall–Kier alpha value is -0.910. The van der Waals surface area contributed by atoms with E-state index < -0.39 is 0 Å². The molecule has 0 atom stereocenters.